The van der Waals surface area contributed by atoms with E-state index >= 15 is 0 Å². The van der Waals surface area contributed by atoms with Crippen molar-refractivity contribution in [2.45, 2.75) is 32.4 Å². The van der Waals surface area contributed by atoms with Crippen LogP contribution in [0, 0.1) is 0 Å². The Morgan fingerprint density at radius 1 is 1.00 bits per heavy atom. The molecule has 5 nitrogen and oxygen atoms in total. The van der Waals surface area contributed by atoms with Crippen LogP contribution in [0.15, 0.2) is 83.3 Å². The lowest BCUT2D eigenvalue weighted by Crippen LogP contribution is -2.15. The van der Waals surface area contributed by atoms with E-state index in [1.165, 1.54) is 5.56 Å². The van der Waals surface area contributed by atoms with Crippen molar-refractivity contribution in [2.75, 3.05) is 5.32 Å². The smallest absolute Gasteiger partial charge is 0.169 e. The Labute approximate surface area is 234 Å². The second kappa shape index (κ2) is 10.3. The summed E-state index contributed by atoms with van der Waals surface area (Å²) in [5, 5.41) is 9.22. The van der Waals surface area contributed by atoms with Crippen LogP contribution in [0.5, 0.6) is 5.75 Å². The molecule has 186 valence electrons. The molecule has 0 fully saturated rings. The predicted octanol–water partition coefficient (Wildman–Crippen LogP) is 7.92. The van der Waals surface area contributed by atoms with Gasteiger partial charge in [-0.15, -0.1) is 5.10 Å². The third-order valence-electron chi connectivity index (χ3n) is 6.62. The lowest BCUT2D eigenvalue weighted by atomic mass is 9.98. The number of nitrogens with zero attached hydrogens (tertiary/aromatic N) is 3. The van der Waals surface area contributed by atoms with E-state index in [9.17, 15) is 0 Å². The Balaban J connectivity index is 1.49. The van der Waals surface area contributed by atoms with Gasteiger partial charge in [0.2, 0.25) is 0 Å². The molecule has 0 spiro atoms. The molecule has 1 aliphatic heterocycles. The first-order valence-corrected chi connectivity index (χ1v) is 13.8. The highest BCUT2D eigenvalue weighted by molar-refractivity contribution is 9.10. The minimum atomic E-state index is 0.372. The number of halogens is 2. The largest absolute Gasteiger partial charge is 0.486 e. The summed E-state index contributed by atoms with van der Waals surface area (Å²) in [7, 11) is 0. The number of aryl methyl sites for hydroxylation is 2. The molecule has 0 radical (unpaired) electrons. The van der Waals surface area contributed by atoms with E-state index in [1.54, 1.807) is 0 Å². The van der Waals surface area contributed by atoms with Gasteiger partial charge in [0.25, 0.3) is 0 Å². The number of ether oxygens (including phenoxy) is 1. The van der Waals surface area contributed by atoms with Crippen LogP contribution in [0.4, 0.5) is 5.69 Å². The third-order valence-corrected chi connectivity index (χ3v) is 7.70. The van der Waals surface area contributed by atoms with E-state index in [2.05, 4.69) is 37.9 Å². The van der Waals surface area contributed by atoms with E-state index in [1.807, 2.05) is 71.2 Å². The molecule has 0 bridgehead atoms. The van der Waals surface area contributed by atoms with E-state index in [-0.39, 0.29) is 0 Å². The van der Waals surface area contributed by atoms with E-state index in [0.29, 0.717) is 16.6 Å². The first-order chi connectivity index (χ1) is 18.1. The van der Waals surface area contributed by atoms with Crippen molar-refractivity contribution < 1.29 is 4.74 Å². The number of hydrogen-bond acceptors (Lipinski definition) is 3. The SMILES string of the molecule is S=C(Nc1ccccc1)c1c(-c2ccc(Cl)cc2)c2c3n(c(COc4ccc(Br)cc4)nn13)CCCC2. The Morgan fingerprint density at radius 3 is 2.51 bits per heavy atom. The fourth-order valence-corrected chi connectivity index (χ4v) is 5.64. The number of benzene rings is 3. The summed E-state index contributed by atoms with van der Waals surface area (Å²) in [6.07, 6.45) is 3.12. The molecule has 0 unspecified atom stereocenters. The fourth-order valence-electron chi connectivity index (χ4n) is 4.94. The number of anilines is 1. The quantitative estimate of drug-likeness (QED) is 0.204. The number of aromatic nitrogens is 3. The second-order valence-electron chi connectivity index (χ2n) is 9.03. The van der Waals surface area contributed by atoms with Gasteiger partial charge in [-0.3, -0.25) is 0 Å². The normalized spacial score (nSPS) is 12.9. The molecule has 8 heteroatoms. The van der Waals surface area contributed by atoms with Gasteiger partial charge in [-0.25, -0.2) is 4.52 Å². The maximum atomic E-state index is 6.24. The van der Waals surface area contributed by atoms with Gasteiger partial charge < -0.3 is 14.6 Å². The standard InChI is InChI=1S/C29H24BrClN4OS/c30-20-11-15-23(16-12-20)36-18-25-33-35-27(28(37)32-22-6-2-1-3-7-22)26(19-9-13-21(31)14-10-19)24-8-4-5-17-34(25)29(24)35/h1-3,6-7,9-16H,4-5,8,17-18H2,(H,32,37). The summed E-state index contributed by atoms with van der Waals surface area (Å²) in [6.45, 7) is 1.26. The molecule has 0 amide bonds. The topological polar surface area (TPSA) is 43.5 Å². The van der Waals surface area contributed by atoms with Crippen LogP contribution < -0.4 is 10.1 Å². The Kier molecular flexibility index (Phi) is 6.76. The van der Waals surface area contributed by atoms with Crippen LogP contribution in [-0.4, -0.2) is 19.2 Å². The molecular formula is C29H24BrClN4OS. The summed E-state index contributed by atoms with van der Waals surface area (Å²) >= 11 is 15.7. The number of thiocarbonyl (C=S) groups is 1. The van der Waals surface area contributed by atoms with Gasteiger partial charge in [-0.1, -0.05) is 70.1 Å². The summed E-state index contributed by atoms with van der Waals surface area (Å²) < 4.78 is 11.5. The molecule has 0 saturated heterocycles. The van der Waals surface area contributed by atoms with Gasteiger partial charge in [0, 0.05) is 32.9 Å². The monoisotopic (exact) mass is 590 g/mol. The van der Waals surface area contributed by atoms with Gasteiger partial charge in [-0.05, 0) is 73.4 Å². The first kappa shape index (κ1) is 24.2. The minimum Gasteiger partial charge on any atom is -0.486 e. The molecule has 0 saturated carbocycles. The number of nitrogens with one attached hydrogen (secondary N) is 1. The molecule has 2 aromatic heterocycles. The lowest BCUT2D eigenvalue weighted by Gasteiger charge is -2.12. The van der Waals surface area contributed by atoms with Crippen molar-refractivity contribution in [3.8, 4) is 16.9 Å². The highest BCUT2D eigenvalue weighted by atomic mass is 79.9. The summed E-state index contributed by atoms with van der Waals surface area (Å²) in [6, 6.07) is 25.9. The van der Waals surface area contributed by atoms with E-state index < -0.39 is 0 Å². The second-order valence-corrected chi connectivity index (χ2v) is 10.8. The maximum Gasteiger partial charge on any atom is 0.169 e. The lowest BCUT2D eigenvalue weighted by molar-refractivity contribution is 0.288. The summed E-state index contributed by atoms with van der Waals surface area (Å²) in [5.74, 6) is 1.69. The molecule has 37 heavy (non-hydrogen) atoms. The molecular weight excluding hydrogens is 568 g/mol. The van der Waals surface area contributed by atoms with Gasteiger partial charge >= 0.3 is 0 Å². The summed E-state index contributed by atoms with van der Waals surface area (Å²) in [4.78, 5) is 0.628. The molecule has 1 aliphatic rings. The Hall–Kier alpha value is -3.13. The zero-order valence-electron chi connectivity index (χ0n) is 20.0. The average molecular weight is 592 g/mol. The highest BCUT2D eigenvalue weighted by Crippen LogP contribution is 2.38. The van der Waals surface area contributed by atoms with Crippen LogP contribution >= 0.6 is 39.7 Å². The maximum absolute atomic E-state index is 6.24. The predicted molar refractivity (Wildman–Crippen MR) is 157 cm³/mol. The minimum absolute atomic E-state index is 0.372. The highest BCUT2D eigenvalue weighted by Gasteiger charge is 2.29. The third kappa shape index (κ3) is 4.79. The average Bonchev–Trinajstić information content (AvgIpc) is 3.31. The molecule has 0 atom stereocenters. The van der Waals surface area contributed by atoms with Gasteiger partial charge in [0.15, 0.2) is 5.82 Å². The van der Waals surface area contributed by atoms with Crippen molar-refractivity contribution >= 4 is 56.1 Å². The molecule has 5 aromatic rings. The van der Waals surface area contributed by atoms with E-state index in [4.69, 9.17) is 33.7 Å². The van der Waals surface area contributed by atoms with Gasteiger partial charge in [-0.2, -0.15) is 0 Å². The van der Waals surface area contributed by atoms with Crippen LogP contribution in [0.2, 0.25) is 5.02 Å². The molecule has 3 aromatic carbocycles. The number of hydrogen-bond donors (Lipinski definition) is 1. The molecule has 0 aliphatic carbocycles. The zero-order chi connectivity index (χ0) is 25.4. The summed E-state index contributed by atoms with van der Waals surface area (Å²) in [5.41, 5.74) is 6.37. The molecule has 6 rings (SSSR count). The number of para-hydroxylation sites is 1. The van der Waals surface area contributed by atoms with E-state index in [0.717, 1.165) is 70.0 Å². The molecule has 3 heterocycles. The van der Waals surface area contributed by atoms with Crippen molar-refractivity contribution in [1.82, 2.24) is 14.2 Å². The van der Waals surface area contributed by atoms with Crippen molar-refractivity contribution in [3.63, 3.8) is 0 Å². The Morgan fingerprint density at radius 2 is 1.76 bits per heavy atom. The molecule has 1 N–H and O–H groups in total. The van der Waals surface area contributed by atoms with Crippen LogP contribution in [0.3, 0.4) is 0 Å². The van der Waals surface area contributed by atoms with Gasteiger partial charge in [0.1, 0.15) is 28.7 Å². The van der Waals surface area contributed by atoms with Crippen molar-refractivity contribution in [1.29, 1.82) is 0 Å². The zero-order valence-corrected chi connectivity index (χ0v) is 23.1. The van der Waals surface area contributed by atoms with Crippen LogP contribution in [0.1, 0.15) is 29.9 Å². The van der Waals surface area contributed by atoms with Crippen molar-refractivity contribution in [3.05, 3.63) is 105 Å². The van der Waals surface area contributed by atoms with Crippen LogP contribution in [0.25, 0.3) is 16.8 Å². The first-order valence-electron chi connectivity index (χ1n) is 12.2. The van der Waals surface area contributed by atoms with Crippen molar-refractivity contribution in [2.24, 2.45) is 0 Å². The Bertz CT molecular complexity index is 1580. The van der Waals surface area contributed by atoms with Crippen LogP contribution in [-0.2, 0) is 19.6 Å². The fraction of sp³-hybridized carbons (Fsp3) is 0.172. The number of rotatable bonds is 6. The van der Waals surface area contributed by atoms with Gasteiger partial charge in [0.05, 0.1) is 0 Å².